The Kier molecular flexibility index (Phi) is 5.19. The van der Waals surface area contributed by atoms with E-state index in [1.54, 1.807) is 10.9 Å². The Morgan fingerprint density at radius 1 is 1.33 bits per heavy atom. The third kappa shape index (κ3) is 3.45. The van der Waals surface area contributed by atoms with Crippen LogP contribution >= 0.6 is 11.6 Å². The Hall–Kier alpha value is -2.29. The van der Waals surface area contributed by atoms with Crippen molar-refractivity contribution in [1.82, 2.24) is 24.7 Å². The van der Waals surface area contributed by atoms with Crippen LogP contribution in [0.3, 0.4) is 0 Å². The highest BCUT2D eigenvalue weighted by atomic mass is 35.5. The molecule has 0 aliphatic rings. The monoisotopic (exact) mass is 348 g/mol. The van der Waals surface area contributed by atoms with Gasteiger partial charge in [0.1, 0.15) is 22.5 Å². The standard InChI is InChI=1S/C15H17ClN6O2/c1-2-24-8-7-22-13-12(10(9-23)21-22)19-15(16)20-14(13)18-11-5-3-4-6-17-11/h3-6,23H,2,7-9H2,1H3,(H,17,18,19,20). The first kappa shape index (κ1) is 16.6. The molecule has 9 heteroatoms. The van der Waals surface area contributed by atoms with Gasteiger partial charge in [0.05, 0.1) is 19.8 Å². The van der Waals surface area contributed by atoms with Gasteiger partial charge in [-0.25, -0.2) is 9.97 Å². The van der Waals surface area contributed by atoms with Crippen LogP contribution in [0.5, 0.6) is 0 Å². The number of nitrogens with one attached hydrogen (secondary N) is 1. The van der Waals surface area contributed by atoms with Crippen LogP contribution in [0.25, 0.3) is 11.0 Å². The number of pyridine rings is 1. The summed E-state index contributed by atoms with van der Waals surface area (Å²) in [7, 11) is 0. The highest BCUT2D eigenvalue weighted by molar-refractivity contribution is 6.28. The molecule has 3 aromatic rings. The minimum absolute atomic E-state index is 0.0694. The highest BCUT2D eigenvalue weighted by Crippen LogP contribution is 2.27. The van der Waals surface area contributed by atoms with Gasteiger partial charge in [-0.05, 0) is 30.7 Å². The third-order valence-corrected chi connectivity index (χ3v) is 3.51. The minimum atomic E-state index is -0.242. The molecule has 2 N–H and O–H groups in total. The van der Waals surface area contributed by atoms with Crippen LogP contribution in [0.2, 0.25) is 5.28 Å². The van der Waals surface area contributed by atoms with Crippen LogP contribution in [0.15, 0.2) is 24.4 Å². The molecule has 8 nitrogen and oxygen atoms in total. The second-order valence-electron chi connectivity index (χ2n) is 4.90. The summed E-state index contributed by atoms with van der Waals surface area (Å²) in [6.07, 6.45) is 1.67. The van der Waals surface area contributed by atoms with Gasteiger partial charge in [-0.2, -0.15) is 10.1 Å². The lowest BCUT2D eigenvalue weighted by Crippen LogP contribution is -2.09. The van der Waals surface area contributed by atoms with E-state index in [0.717, 1.165) is 0 Å². The molecule has 0 radical (unpaired) electrons. The topological polar surface area (TPSA) is 98.0 Å². The van der Waals surface area contributed by atoms with Crippen molar-refractivity contribution >= 4 is 34.3 Å². The van der Waals surface area contributed by atoms with Crippen molar-refractivity contribution in [2.24, 2.45) is 0 Å². The number of anilines is 2. The lowest BCUT2D eigenvalue weighted by Gasteiger charge is -2.09. The Balaban J connectivity index is 2.07. The third-order valence-electron chi connectivity index (χ3n) is 3.34. The number of ether oxygens (including phenoxy) is 1. The smallest absolute Gasteiger partial charge is 0.225 e. The first-order valence-corrected chi connectivity index (χ1v) is 7.90. The van der Waals surface area contributed by atoms with Crippen LogP contribution in [0, 0.1) is 0 Å². The van der Waals surface area contributed by atoms with E-state index in [1.165, 1.54) is 0 Å². The average Bonchev–Trinajstić information content (AvgIpc) is 2.94. The van der Waals surface area contributed by atoms with Crippen LogP contribution < -0.4 is 5.32 Å². The fraction of sp³-hybridized carbons (Fsp3) is 0.333. The Morgan fingerprint density at radius 3 is 2.92 bits per heavy atom. The van der Waals surface area contributed by atoms with Crippen molar-refractivity contribution in [2.75, 3.05) is 18.5 Å². The van der Waals surface area contributed by atoms with Crippen molar-refractivity contribution < 1.29 is 9.84 Å². The summed E-state index contributed by atoms with van der Waals surface area (Å²) in [5.41, 5.74) is 1.59. The maximum atomic E-state index is 9.55. The van der Waals surface area contributed by atoms with Gasteiger partial charge in [-0.15, -0.1) is 0 Å². The lowest BCUT2D eigenvalue weighted by molar-refractivity contribution is 0.137. The fourth-order valence-corrected chi connectivity index (χ4v) is 2.49. The van der Waals surface area contributed by atoms with Gasteiger partial charge in [0.2, 0.25) is 5.28 Å². The summed E-state index contributed by atoms with van der Waals surface area (Å²) in [6, 6.07) is 5.50. The Labute approximate surface area is 143 Å². The van der Waals surface area contributed by atoms with Crippen LogP contribution in [-0.2, 0) is 17.9 Å². The molecule has 0 saturated carbocycles. The number of halogens is 1. The largest absolute Gasteiger partial charge is 0.390 e. The summed E-state index contributed by atoms with van der Waals surface area (Å²) in [5.74, 6) is 1.10. The summed E-state index contributed by atoms with van der Waals surface area (Å²) >= 11 is 6.03. The molecular formula is C15H17ClN6O2. The van der Waals surface area contributed by atoms with Gasteiger partial charge in [-0.1, -0.05) is 6.07 Å². The average molecular weight is 349 g/mol. The first-order chi connectivity index (χ1) is 11.7. The maximum Gasteiger partial charge on any atom is 0.225 e. The second-order valence-corrected chi connectivity index (χ2v) is 5.24. The number of rotatable bonds is 7. The van der Waals surface area contributed by atoms with E-state index in [9.17, 15) is 5.11 Å². The van der Waals surface area contributed by atoms with E-state index in [4.69, 9.17) is 16.3 Å². The molecule has 0 fully saturated rings. The molecule has 3 aromatic heterocycles. The predicted octanol–water partition coefficient (Wildman–Crippen LogP) is 2.15. The molecule has 3 heterocycles. The van der Waals surface area contributed by atoms with E-state index >= 15 is 0 Å². The fourth-order valence-electron chi connectivity index (χ4n) is 2.33. The molecule has 0 bridgehead atoms. The Morgan fingerprint density at radius 2 is 2.21 bits per heavy atom. The van der Waals surface area contributed by atoms with E-state index in [-0.39, 0.29) is 11.9 Å². The van der Waals surface area contributed by atoms with Crippen molar-refractivity contribution in [1.29, 1.82) is 0 Å². The van der Waals surface area contributed by atoms with Gasteiger partial charge in [0.25, 0.3) is 0 Å². The highest BCUT2D eigenvalue weighted by Gasteiger charge is 2.18. The molecule has 126 valence electrons. The number of hydrogen-bond acceptors (Lipinski definition) is 7. The van der Waals surface area contributed by atoms with Gasteiger partial charge in [0.15, 0.2) is 5.82 Å². The molecule has 24 heavy (non-hydrogen) atoms. The second kappa shape index (κ2) is 7.52. The summed E-state index contributed by atoms with van der Waals surface area (Å²) < 4.78 is 7.09. The minimum Gasteiger partial charge on any atom is -0.390 e. The SMILES string of the molecule is CCOCCn1nc(CO)c2nc(Cl)nc(Nc3ccccn3)c21. The molecule has 0 spiro atoms. The van der Waals surface area contributed by atoms with Crippen molar-refractivity contribution in [3.63, 3.8) is 0 Å². The zero-order chi connectivity index (χ0) is 16.9. The van der Waals surface area contributed by atoms with E-state index in [1.807, 2.05) is 25.1 Å². The van der Waals surface area contributed by atoms with Crippen LogP contribution in [0.1, 0.15) is 12.6 Å². The molecule has 0 aromatic carbocycles. The molecule has 0 unspecified atom stereocenters. The normalized spacial score (nSPS) is 11.1. The zero-order valence-electron chi connectivity index (χ0n) is 13.1. The molecule has 0 atom stereocenters. The van der Waals surface area contributed by atoms with Gasteiger partial charge in [-0.3, -0.25) is 4.68 Å². The van der Waals surface area contributed by atoms with Crippen LogP contribution in [-0.4, -0.2) is 43.1 Å². The van der Waals surface area contributed by atoms with E-state index in [0.29, 0.717) is 48.1 Å². The lowest BCUT2D eigenvalue weighted by atomic mass is 10.3. The van der Waals surface area contributed by atoms with Crippen LogP contribution in [0.4, 0.5) is 11.6 Å². The number of fused-ring (bicyclic) bond motifs is 1. The molecular weight excluding hydrogens is 332 g/mol. The number of aromatic nitrogens is 5. The van der Waals surface area contributed by atoms with E-state index < -0.39 is 0 Å². The Bertz CT molecular complexity index is 824. The van der Waals surface area contributed by atoms with E-state index in [2.05, 4.69) is 25.4 Å². The van der Waals surface area contributed by atoms with Crippen molar-refractivity contribution in [2.45, 2.75) is 20.1 Å². The molecule has 0 amide bonds. The summed E-state index contributed by atoms with van der Waals surface area (Å²) in [6.45, 7) is 3.30. The summed E-state index contributed by atoms with van der Waals surface area (Å²) in [5, 5.41) is 17.1. The number of aliphatic hydroxyl groups excluding tert-OH is 1. The summed E-state index contributed by atoms with van der Waals surface area (Å²) in [4.78, 5) is 12.7. The van der Waals surface area contributed by atoms with Crippen molar-refractivity contribution in [3.05, 3.63) is 35.4 Å². The zero-order valence-corrected chi connectivity index (χ0v) is 13.9. The van der Waals surface area contributed by atoms with Gasteiger partial charge >= 0.3 is 0 Å². The maximum absolute atomic E-state index is 9.55. The van der Waals surface area contributed by atoms with Gasteiger partial charge < -0.3 is 15.2 Å². The number of hydrogen-bond donors (Lipinski definition) is 2. The van der Waals surface area contributed by atoms with Crippen molar-refractivity contribution in [3.8, 4) is 0 Å². The van der Waals surface area contributed by atoms with Gasteiger partial charge in [0, 0.05) is 12.8 Å². The molecule has 0 aliphatic heterocycles. The quantitative estimate of drug-likeness (QED) is 0.498. The molecule has 0 saturated heterocycles. The first-order valence-electron chi connectivity index (χ1n) is 7.52. The predicted molar refractivity (Wildman–Crippen MR) is 90.3 cm³/mol. The molecule has 3 rings (SSSR count). The molecule has 0 aliphatic carbocycles. The number of aliphatic hydroxyl groups is 1. The number of nitrogens with zero attached hydrogens (tertiary/aromatic N) is 5.